The molecule has 0 spiro atoms. The van der Waals surface area contributed by atoms with Crippen molar-refractivity contribution in [1.82, 2.24) is 5.43 Å². The molecule has 0 radical (unpaired) electrons. The number of hydrogen-bond donors (Lipinski definition) is 2. The van der Waals surface area contributed by atoms with Crippen molar-refractivity contribution in [3.05, 3.63) is 34.1 Å². The number of hydrazine groups is 1. The van der Waals surface area contributed by atoms with Gasteiger partial charge in [0.25, 0.3) is 0 Å². The van der Waals surface area contributed by atoms with Gasteiger partial charge in [0.1, 0.15) is 5.82 Å². The van der Waals surface area contributed by atoms with Crippen molar-refractivity contribution < 1.29 is 9.13 Å². The second kappa shape index (κ2) is 6.52. The molecule has 1 saturated heterocycles. The minimum Gasteiger partial charge on any atom is -0.375 e. The summed E-state index contributed by atoms with van der Waals surface area (Å²) in [6, 6.07) is 4.80. The van der Waals surface area contributed by atoms with Crippen LogP contribution in [0.25, 0.3) is 0 Å². The Hall–Kier alpha value is -0.490. The van der Waals surface area contributed by atoms with E-state index in [9.17, 15) is 4.39 Å². The summed E-state index contributed by atoms with van der Waals surface area (Å²) >= 11 is 3.47. The summed E-state index contributed by atoms with van der Waals surface area (Å²) < 4.78 is 20.2. The van der Waals surface area contributed by atoms with Gasteiger partial charge in [-0.2, -0.15) is 0 Å². The molecule has 1 aromatic carbocycles. The molecule has 112 valence electrons. The van der Waals surface area contributed by atoms with Gasteiger partial charge in [0, 0.05) is 16.4 Å². The van der Waals surface area contributed by atoms with Gasteiger partial charge in [-0.15, -0.1) is 0 Å². The summed E-state index contributed by atoms with van der Waals surface area (Å²) in [6.45, 7) is 6.35. The molecule has 5 unspecified atom stereocenters. The van der Waals surface area contributed by atoms with Gasteiger partial charge >= 0.3 is 0 Å². The van der Waals surface area contributed by atoms with Gasteiger partial charge in [-0.25, -0.2) is 4.39 Å². The molecule has 3 N–H and O–H groups in total. The third kappa shape index (κ3) is 3.22. The molecule has 1 heterocycles. The number of halogens is 2. The molecule has 1 aliphatic heterocycles. The van der Waals surface area contributed by atoms with Crippen molar-refractivity contribution in [1.29, 1.82) is 0 Å². The van der Waals surface area contributed by atoms with Gasteiger partial charge in [0.15, 0.2) is 0 Å². The van der Waals surface area contributed by atoms with E-state index in [1.54, 1.807) is 12.1 Å². The first kappa shape index (κ1) is 15.9. The van der Waals surface area contributed by atoms with Crippen LogP contribution in [0.3, 0.4) is 0 Å². The van der Waals surface area contributed by atoms with Gasteiger partial charge in [-0.3, -0.25) is 11.3 Å². The van der Waals surface area contributed by atoms with Crippen LogP contribution in [0.4, 0.5) is 4.39 Å². The molecule has 5 heteroatoms. The van der Waals surface area contributed by atoms with Gasteiger partial charge in [-0.1, -0.05) is 22.9 Å². The molecule has 0 aliphatic carbocycles. The number of ether oxygens (including phenoxy) is 1. The highest BCUT2D eigenvalue weighted by atomic mass is 79.9. The minimum absolute atomic E-state index is 0.0584. The predicted molar refractivity (Wildman–Crippen MR) is 81.6 cm³/mol. The summed E-state index contributed by atoms with van der Waals surface area (Å²) in [6.07, 6.45) is 1.04. The highest BCUT2D eigenvalue weighted by Gasteiger charge is 2.41. The first-order valence-electron chi connectivity index (χ1n) is 6.99. The van der Waals surface area contributed by atoms with Crippen LogP contribution in [0.15, 0.2) is 22.7 Å². The smallest absolute Gasteiger partial charge is 0.123 e. The van der Waals surface area contributed by atoms with Crippen LogP contribution < -0.4 is 11.3 Å². The zero-order valence-corrected chi connectivity index (χ0v) is 13.7. The molecule has 1 aliphatic rings. The zero-order valence-electron chi connectivity index (χ0n) is 12.1. The second-order valence-corrected chi connectivity index (χ2v) is 6.55. The fourth-order valence-corrected chi connectivity index (χ4v) is 3.64. The average molecular weight is 345 g/mol. The highest BCUT2D eigenvalue weighted by molar-refractivity contribution is 9.10. The highest BCUT2D eigenvalue weighted by Crippen LogP contribution is 2.36. The molecule has 1 fully saturated rings. The first-order valence-corrected chi connectivity index (χ1v) is 7.78. The van der Waals surface area contributed by atoms with Crippen LogP contribution in [0.5, 0.6) is 0 Å². The summed E-state index contributed by atoms with van der Waals surface area (Å²) in [7, 11) is 0. The standard InChI is InChI=1S/C15H22BrFN2O/c1-8-9(2)20-10(3)15(8)14(19-18)7-11-6-12(17)4-5-13(11)16/h4-6,8-10,14-15,19H,7,18H2,1-3H3. The number of benzene rings is 1. The Morgan fingerprint density at radius 1 is 1.35 bits per heavy atom. The quantitative estimate of drug-likeness (QED) is 0.651. The third-order valence-electron chi connectivity index (χ3n) is 4.45. The monoisotopic (exact) mass is 344 g/mol. The molecular weight excluding hydrogens is 323 g/mol. The summed E-state index contributed by atoms with van der Waals surface area (Å²) in [5.41, 5.74) is 3.82. The Morgan fingerprint density at radius 3 is 2.60 bits per heavy atom. The Balaban J connectivity index is 2.19. The lowest BCUT2D eigenvalue weighted by atomic mass is 9.81. The number of nitrogens with one attached hydrogen (secondary N) is 1. The summed E-state index contributed by atoms with van der Waals surface area (Å²) in [4.78, 5) is 0. The zero-order chi connectivity index (χ0) is 14.9. The predicted octanol–water partition coefficient (Wildman–Crippen LogP) is 3.02. The van der Waals surface area contributed by atoms with Gasteiger partial charge in [0.2, 0.25) is 0 Å². The van der Waals surface area contributed by atoms with Crippen LogP contribution in [0, 0.1) is 17.7 Å². The first-order chi connectivity index (χ1) is 9.43. The lowest BCUT2D eigenvalue weighted by Crippen LogP contribution is -2.46. The lowest BCUT2D eigenvalue weighted by Gasteiger charge is -2.28. The summed E-state index contributed by atoms with van der Waals surface area (Å²) in [5.74, 6) is 6.24. The molecule has 3 nitrogen and oxygen atoms in total. The maximum absolute atomic E-state index is 13.4. The fraction of sp³-hybridized carbons (Fsp3) is 0.600. The molecule has 20 heavy (non-hydrogen) atoms. The van der Waals surface area contributed by atoms with Crippen LogP contribution in [0.1, 0.15) is 26.3 Å². The number of rotatable bonds is 4. The minimum atomic E-state index is -0.226. The molecule has 0 saturated carbocycles. The number of nitrogens with two attached hydrogens (primary N) is 1. The van der Waals surface area contributed by atoms with E-state index in [1.165, 1.54) is 6.07 Å². The van der Waals surface area contributed by atoms with Gasteiger partial charge < -0.3 is 4.74 Å². The molecule has 5 atom stereocenters. The van der Waals surface area contributed by atoms with Gasteiger partial charge in [-0.05, 0) is 49.9 Å². The molecule has 1 aromatic rings. The van der Waals surface area contributed by atoms with E-state index in [0.717, 1.165) is 10.0 Å². The van der Waals surface area contributed by atoms with Gasteiger partial charge in [0.05, 0.1) is 12.2 Å². The SMILES string of the molecule is CC1OC(C)C(C(Cc2cc(F)ccc2Br)NN)C1C. The molecule has 0 amide bonds. The van der Waals surface area contributed by atoms with E-state index in [2.05, 4.69) is 42.1 Å². The Kier molecular flexibility index (Phi) is 5.18. The Bertz CT molecular complexity index is 471. The molecule has 0 aromatic heterocycles. The third-order valence-corrected chi connectivity index (χ3v) is 5.22. The van der Waals surface area contributed by atoms with Crippen LogP contribution in [-0.2, 0) is 11.2 Å². The number of hydrogen-bond acceptors (Lipinski definition) is 3. The maximum atomic E-state index is 13.4. The van der Waals surface area contributed by atoms with E-state index in [1.807, 2.05) is 0 Å². The normalized spacial score (nSPS) is 31.5. The van der Waals surface area contributed by atoms with E-state index in [0.29, 0.717) is 18.3 Å². The van der Waals surface area contributed by atoms with Crippen molar-refractivity contribution in [2.75, 3.05) is 0 Å². The molecule has 0 bridgehead atoms. The molecular formula is C15H22BrFN2O. The largest absolute Gasteiger partial charge is 0.375 e. The average Bonchev–Trinajstić information content (AvgIpc) is 2.65. The topological polar surface area (TPSA) is 47.3 Å². The van der Waals surface area contributed by atoms with Crippen LogP contribution in [-0.4, -0.2) is 18.2 Å². The molecule has 2 rings (SSSR count). The fourth-order valence-electron chi connectivity index (χ4n) is 3.23. The van der Waals surface area contributed by atoms with Crippen molar-refractivity contribution in [2.24, 2.45) is 17.7 Å². The van der Waals surface area contributed by atoms with E-state index in [-0.39, 0.29) is 24.1 Å². The summed E-state index contributed by atoms with van der Waals surface area (Å²) in [5, 5.41) is 0. The van der Waals surface area contributed by atoms with Crippen LogP contribution >= 0.6 is 15.9 Å². The van der Waals surface area contributed by atoms with Crippen molar-refractivity contribution >= 4 is 15.9 Å². The maximum Gasteiger partial charge on any atom is 0.123 e. The Labute approximate surface area is 128 Å². The van der Waals surface area contributed by atoms with E-state index < -0.39 is 0 Å². The van der Waals surface area contributed by atoms with Crippen molar-refractivity contribution in [3.63, 3.8) is 0 Å². The second-order valence-electron chi connectivity index (χ2n) is 5.70. The Morgan fingerprint density at radius 2 is 2.05 bits per heavy atom. The lowest BCUT2D eigenvalue weighted by molar-refractivity contribution is 0.0475. The van der Waals surface area contributed by atoms with E-state index >= 15 is 0 Å². The van der Waals surface area contributed by atoms with E-state index in [4.69, 9.17) is 10.6 Å². The van der Waals surface area contributed by atoms with Crippen LogP contribution in [0.2, 0.25) is 0 Å². The van der Waals surface area contributed by atoms with Crippen molar-refractivity contribution in [2.45, 2.75) is 45.4 Å². The van der Waals surface area contributed by atoms with Crippen molar-refractivity contribution in [3.8, 4) is 0 Å².